The number of halogens is 1. The number of benzene rings is 2. The quantitative estimate of drug-likeness (QED) is 0.496. The molecule has 1 saturated carbocycles. The highest BCUT2D eigenvalue weighted by molar-refractivity contribution is 6.30. The van der Waals surface area contributed by atoms with Gasteiger partial charge in [0.25, 0.3) is 11.8 Å². The van der Waals surface area contributed by atoms with Crippen LogP contribution >= 0.6 is 11.6 Å². The van der Waals surface area contributed by atoms with Crippen molar-refractivity contribution < 1.29 is 14.7 Å². The number of aliphatic hydroxyl groups excluding tert-OH is 1. The summed E-state index contributed by atoms with van der Waals surface area (Å²) in [5, 5.41) is 16.6. The van der Waals surface area contributed by atoms with Gasteiger partial charge in [0.2, 0.25) is 0 Å². The Kier molecular flexibility index (Phi) is 7.06. The van der Waals surface area contributed by atoms with E-state index in [-0.39, 0.29) is 17.9 Å². The van der Waals surface area contributed by atoms with E-state index >= 15 is 0 Å². The molecule has 2 amide bonds. The fourth-order valence-corrected chi connectivity index (χ4v) is 4.20. The van der Waals surface area contributed by atoms with E-state index in [2.05, 4.69) is 15.6 Å². The number of aryl methyl sites for hydroxylation is 1. The first-order valence-corrected chi connectivity index (χ1v) is 11.4. The number of hydrogen-bond donors (Lipinski definition) is 3. The van der Waals surface area contributed by atoms with Gasteiger partial charge in [0.1, 0.15) is 0 Å². The Morgan fingerprint density at radius 1 is 0.970 bits per heavy atom. The minimum Gasteiger partial charge on any atom is -0.391 e. The lowest BCUT2D eigenvalue weighted by molar-refractivity contribution is 0.0717. The Morgan fingerprint density at radius 3 is 2.58 bits per heavy atom. The zero-order valence-corrected chi connectivity index (χ0v) is 19.1. The van der Waals surface area contributed by atoms with Crippen molar-refractivity contribution in [1.29, 1.82) is 0 Å². The lowest BCUT2D eigenvalue weighted by Gasteiger charge is -2.28. The summed E-state index contributed by atoms with van der Waals surface area (Å²) in [5.41, 5.74) is 3.85. The maximum Gasteiger partial charge on any atom is 0.257 e. The second-order valence-electron chi connectivity index (χ2n) is 8.39. The average Bonchev–Trinajstić information content (AvgIpc) is 2.82. The van der Waals surface area contributed by atoms with Crippen LogP contribution in [0.4, 0.5) is 5.69 Å². The molecule has 6 nitrogen and oxygen atoms in total. The second kappa shape index (κ2) is 10.1. The summed E-state index contributed by atoms with van der Waals surface area (Å²) in [7, 11) is 0. The van der Waals surface area contributed by atoms with E-state index in [0.29, 0.717) is 28.3 Å². The predicted octanol–water partition coefficient (Wildman–Crippen LogP) is 5.00. The predicted molar refractivity (Wildman–Crippen MR) is 130 cm³/mol. The van der Waals surface area contributed by atoms with E-state index in [1.165, 1.54) is 6.20 Å². The molecule has 1 fully saturated rings. The maximum atomic E-state index is 12.9. The van der Waals surface area contributed by atoms with Crippen LogP contribution in [0.15, 0.2) is 60.9 Å². The van der Waals surface area contributed by atoms with Crippen LogP contribution in [0.3, 0.4) is 0 Å². The first kappa shape index (κ1) is 23.0. The highest BCUT2D eigenvalue weighted by Crippen LogP contribution is 2.24. The van der Waals surface area contributed by atoms with E-state index in [1.54, 1.807) is 36.5 Å². The third-order valence-electron chi connectivity index (χ3n) is 5.95. The number of aromatic nitrogens is 1. The van der Waals surface area contributed by atoms with Crippen LogP contribution in [0, 0.1) is 6.92 Å². The highest BCUT2D eigenvalue weighted by Gasteiger charge is 2.25. The van der Waals surface area contributed by atoms with Gasteiger partial charge in [-0.1, -0.05) is 42.6 Å². The summed E-state index contributed by atoms with van der Waals surface area (Å²) >= 11 is 6.09. The van der Waals surface area contributed by atoms with Gasteiger partial charge in [0, 0.05) is 34.2 Å². The topological polar surface area (TPSA) is 91.3 Å². The largest absolute Gasteiger partial charge is 0.391 e. The highest BCUT2D eigenvalue weighted by atomic mass is 35.5. The lowest BCUT2D eigenvalue weighted by Crippen LogP contribution is -2.45. The van der Waals surface area contributed by atoms with E-state index in [9.17, 15) is 14.7 Å². The first-order chi connectivity index (χ1) is 15.9. The SMILES string of the molecule is Cc1ccc(C(=O)N[C@H]2CCCC[C@@H]2O)cc1NC(=O)c1cncc(-c2cccc(Cl)c2)c1. The molecule has 170 valence electrons. The summed E-state index contributed by atoms with van der Waals surface area (Å²) in [4.78, 5) is 29.9. The van der Waals surface area contributed by atoms with E-state index in [0.717, 1.165) is 36.0 Å². The average molecular weight is 464 g/mol. The molecule has 0 bridgehead atoms. The molecule has 0 radical (unpaired) electrons. The molecule has 2 atom stereocenters. The smallest absolute Gasteiger partial charge is 0.257 e. The number of nitrogens with one attached hydrogen (secondary N) is 2. The van der Waals surface area contributed by atoms with Crippen LogP contribution in [-0.2, 0) is 0 Å². The number of nitrogens with zero attached hydrogens (tertiary/aromatic N) is 1. The summed E-state index contributed by atoms with van der Waals surface area (Å²) in [6.45, 7) is 1.86. The zero-order chi connectivity index (χ0) is 23.4. The van der Waals surface area contributed by atoms with E-state index < -0.39 is 6.10 Å². The Bertz CT molecular complexity index is 1180. The minimum atomic E-state index is -0.522. The van der Waals surface area contributed by atoms with Gasteiger partial charge in [-0.3, -0.25) is 14.6 Å². The van der Waals surface area contributed by atoms with Crippen molar-refractivity contribution in [2.75, 3.05) is 5.32 Å². The van der Waals surface area contributed by atoms with Crippen LogP contribution in [0.5, 0.6) is 0 Å². The Hall–Kier alpha value is -3.22. The van der Waals surface area contributed by atoms with Crippen LogP contribution in [0.25, 0.3) is 11.1 Å². The molecule has 7 heteroatoms. The summed E-state index contributed by atoms with van der Waals surface area (Å²) in [6, 6.07) is 14.0. The van der Waals surface area contributed by atoms with Gasteiger partial charge in [-0.05, 0) is 61.2 Å². The molecular formula is C26H26ClN3O3. The van der Waals surface area contributed by atoms with Gasteiger partial charge in [-0.15, -0.1) is 0 Å². The molecule has 0 saturated heterocycles. The van der Waals surface area contributed by atoms with Crippen LogP contribution in [-0.4, -0.2) is 34.1 Å². The molecule has 1 aromatic heterocycles. The second-order valence-corrected chi connectivity index (χ2v) is 8.82. The van der Waals surface area contributed by atoms with Crippen molar-refractivity contribution in [3.63, 3.8) is 0 Å². The molecule has 2 aromatic carbocycles. The fraction of sp³-hybridized carbons (Fsp3) is 0.269. The van der Waals surface area contributed by atoms with Crippen molar-refractivity contribution in [3.05, 3.63) is 82.6 Å². The minimum absolute atomic E-state index is 0.245. The van der Waals surface area contributed by atoms with Gasteiger partial charge < -0.3 is 15.7 Å². The maximum absolute atomic E-state index is 12.9. The third kappa shape index (κ3) is 5.59. The van der Waals surface area contributed by atoms with E-state index in [1.807, 2.05) is 25.1 Å². The molecule has 3 aromatic rings. The first-order valence-electron chi connectivity index (χ1n) is 11.0. The molecular weight excluding hydrogens is 438 g/mol. The van der Waals surface area contributed by atoms with Gasteiger partial charge in [-0.25, -0.2) is 0 Å². The normalized spacial score (nSPS) is 17.9. The number of amides is 2. The molecule has 3 N–H and O–H groups in total. The summed E-state index contributed by atoms with van der Waals surface area (Å²) in [6.07, 6.45) is 6.08. The van der Waals surface area contributed by atoms with Crippen molar-refractivity contribution >= 4 is 29.1 Å². The monoisotopic (exact) mass is 463 g/mol. The van der Waals surface area contributed by atoms with Crippen LogP contribution < -0.4 is 10.6 Å². The Balaban J connectivity index is 1.50. The number of rotatable bonds is 5. The Labute approximate surface area is 198 Å². The summed E-state index contributed by atoms with van der Waals surface area (Å²) < 4.78 is 0. The molecule has 0 spiro atoms. The fourth-order valence-electron chi connectivity index (χ4n) is 4.01. The molecule has 1 heterocycles. The number of hydrogen-bond acceptors (Lipinski definition) is 4. The van der Waals surface area contributed by atoms with Crippen molar-refractivity contribution in [1.82, 2.24) is 10.3 Å². The number of anilines is 1. The van der Waals surface area contributed by atoms with Crippen molar-refractivity contribution in [2.24, 2.45) is 0 Å². The zero-order valence-electron chi connectivity index (χ0n) is 18.3. The number of aliphatic hydroxyl groups is 1. The number of carbonyl (C=O) groups excluding carboxylic acids is 2. The van der Waals surface area contributed by atoms with Crippen molar-refractivity contribution in [2.45, 2.75) is 44.8 Å². The molecule has 4 rings (SSSR count). The van der Waals surface area contributed by atoms with Gasteiger partial charge >= 0.3 is 0 Å². The number of carbonyl (C=O) groups is 2. The summed E-state index contributed by atoms with van der Waals surface area (Å²) in [5.74, 6) is -0.587. The molecule has 1 aliphatic carbocycles. The van der Waals surface area contributed by atoms with Gasteiger partial charge in [0.05, 0.1) is 17.7 Å². The molecule has 33 heavy (non-hydrogen) atoms. The number of pyridine rings is 1. The van der Waals surface area contributed by atoms with Crippen LogP contribution in [0.1, 0.15) is 52.0 Å². The van der Waals surface area contributed by atoms with Gasteiger partial charge in [0.15, 0.2) is 0 Å². The molecule has 0 unspecified atom stereocenters. The molecule has 1 aliphatic rings. The van der Waals surface area contributed by atoms with Crippen molar-refractivity contribution in [3.8, 4) is 11.1 Å². The standard InChI is InChI=1S/C26H26ClN3O3/c1-16-9-10-18(25(32)29-22-7-2-3-8-24(22)31)13-23(16)30-26(33)20-11-19(14-28-15-20)17-5-4-6-21(27)12-17/h4-6,9-15,22,24,31H,2-3,7-8H2,1H3,(H,29,32)(H,30,33)/t22-,24-/m0/s1. The Morgan fingerprint density at radius 2 is 1.79 bits per heavy atom. The van der Waals surface area contributed by atoms with E-state index in [4.69, 9.17) is 11.6 Å². The third-order valence-corrected chi connectivity index (χ3v) is 6.19. The van der Waals surface area contributed by atoms with Crippen LogP contribution in [0.2, 0.25) is 5.02 Å². The molecule has 0 aliphatic heterocycles. The van der Waals surface area contributed by atoms with Gasteiger partial charge in [-0.2, -0.15) is 0 Å². The lowest BCUT2D eigenvalue weighted by atomic mass is 9.92.